The Hall–Kier alpha value is -3.56. The molecule has 5 rings (SSSR count). The molecule has 1 saturated heterocycles. The number of amides is 1. The van der Waals surface area contributed by atoms with E-state index in [0.29, 0.717) is 23.0 Å². The van der Waals surface area contributed by atoms with Crippen molar-refractivity contribution in [2.75, 3.05) is 39.3 Å². The first-order valence-corrected chi connectivity index (χ1v) is 13.5. The van der Waals surface area contributed by atoms with E-state index < -0.39 is 0 Å². The summed E-state index contributed by atoms with van der Waals surface area (Å²) in [7, 11) is 0. The number of carbonyl (C=O) groups excluding carboxylic acids is 1. The molecule has 9 heteroatoms. The number of fused-ring (bicyclic) bond motifs is 1. The number of aliphatic imine (C=N–C) groups is 1. The fourth-order valence-corrected chi connectivity index (χ4v) is 5.60. The van der Waals surface area contributed by atoms with Crippen molar-refractivity contribution in [1.29, 1.82) is 0 Å². The molecule has 2 aromatic carbocycles. The Morgan fingerprint density at radius 2 is 1.76 bits per heavy atom. The van der Waals surface area contributed by atoms with Crippen LogP contribution in [0.15, 0.2) is 64.4 Å². The number of thiazole rings is 1. The van der Waals surface area contributed by atoms with E-state index in [1.165, 1.54) is 16.0 Å². The molecule has 0 aliphatic carbocycles. The highest BCUT2D eigenvalue weighted by Crippen LogP contribution is 2.26. The standard InChI is InChI=1S/C28H32N6O2S/c1-19(2)26(35)33-17-15-32(16-18-33)14-13-29-20(3)24-25(21-9-5-4-6-10-21)31-34(27(24)36)28-30-22-11-7-8-12-23(22)37-28/h4-12,19,31H,13-18H2,1-3H3. The van der Waals surface area contributed by atoms with Crippen LogP contribution in [-0.4, -0.2) is 75.5 Å². The van der Waals surface area contributed by atoms with E-state index in [4.69, 9.17) is 4.99 Å². The number of hydrogen-bond acceptors (Lipinski definition) is 6. The molecule has 4 aromatic rings. The van der Waals surface area contributed by atoms with Gasteiger partial charge in [0.25, 0.3) is 5.56 Å². The summed E-state index contributed by atoms with van der Waals surface area (Å²) in [5, 5.41) is 3.92. The zero-order chi connectivity index (χ0) is 25.9. The Morgan fingerprint density at radius 1 is 1.05 bits per heavy atom. The molecule has 1 N–H and O–H groups in total. The molecule has 0 saturated carbocycles. The van der Waals surface area contributed by atoms with Crippen LogP contribution in [0.25, 0.3) is 26.6 Å². The van der Waals surface area contributed by atoms with Crippen LogP contribution in [0.3, 0.4) is 0 Å². The molecule has 8 nitrogen and oxygen atoms in total. The van der Waals surface area contributed by atoms with E-state index >= 15 is 0 Å². The highest BCUT2D eigenvalue weighted by molar-refractivity contribution is 7.20. The fourth-order valence-electron chi connectivity index (χ4n) is 4.67. The molecule has 0 radical (unpaired) electrons. The monoisotopic (exact) mass is 516 g/mol. The normalized spacial score (nSPS) is 15.1. The molecule has 37 heavy (non-hydrogen) atoms. The van der Waals surface area contributed by atoms with E-state index in [1.807, 2.05) is 80.3 Å². The summed E-state index contributed by atoms with van der Waals surface area (Å²) >= 11 is 1.48. The molecule has 0 atom stereocenters. The van der Waals surface area contributed by atoms with Gasteiger partial charge in [0.15, 0.2) is 0 Å². The molecule has 1 amide bonds. The summed E-state index contributed by atoms with van der Waals surface area (Å²) < 4.78 is 2.56. The average Bonchev–Trinajstić information content (AvgIpc) is 3.50. The van der Waals surface area contributed by atoms with Crippen LogP contribution in [0.2, 0.25) is 0 Å². The SMILES string of the molecule is CC(=NCCN1CCN(C(=O)C(C)C)CC1)c1c(-c2ccccc2)[nH]n(-c2nc3ccccc3s2)c1=O. The molecule has 0 spiro atoms. The number of para-hydroxylation sites is 1. The van der Waals surface area contributed by atoms with Gasteiger partial charge in [0.1, 0.15) is 0 Å². The number of hydrogen-bond donors (Lipinski definition) is 1. The summed E-state index contributed by atoms with van der Waals surface area (Å²) in [5.74, 6) is 0.254. The van der Waals surface area contributed by atoms with Crippen molar-refractivity contribution in [1.82, 2.24) is 24.6 Å². The fraction of sp³-hybridized carbons (Fsp3) is 0.357. The minimum absolute atomic E-state index is 0.0331. The minimum Gasteiger partial charge on any atom is -0.340 e. The summed E-state index contributed by atoms with van der Waals surface area (Å²) in [4.78, 5) is 39.7. The number of aromatic amines is 1. The quantitative estimate of drug-likeness (QED) is 0.376. The largest absolute Gasteiger partial charge is 0.340 e. The second kappa shape index (κ2) is 10.8. The van der Waals surface area contributed by atoms with Gasteiger partial charge in [-0.2, -0.15) is 4.68 Å². The van der Waals surface area contributed by atoms with E-state index in [9.17, 15) is 9.59 Å². The van der Waals surface area contributed by atoms with Gasteiger partial charge in [-0.05, 0) is 19.1 Å². The molecule has 1 fully saturated rings. The molecule has 192 valence electrons. The zero-order valence-corrected chi connectivity index (χ0v) is 22.3. The highest BCUT2D eigenvalue weighted by Gasteiger charge is 2.23. The van der Waals surface area contributed by atoms with Crippen molar-refractivity contribution in [3.05, 3.63) is 70.5 Å². The molecule has 1 aliphatic heterocycles. The number of nitrogens with zero attached hydrogens (tertiary/aromatic N) is 5. The van der Waals surface area contributed by atoms with E-state index in [1.54, 1.807) is 0 Å². The van der Waals surface area contributed by atoms with Crippen molar-refractivity contribution < 1.29 is 4.79 Å². The van der Waals surface area contributed by atoms with Crippen LogP contribution in [0.4, 0.5) is 0 Å². The van der Waals surface area contributed by atoms with Crippen molar-refractivity contribution in [2.24, 2.45) is 10.9 Å². The maximum absolute atomic E-state index is 13.7. The topological polar surface area (TPSA) is 86.6 Å². The summed E-state index contributed by atoms with van der Waals surface area (Å²) in [5.41, 5.74) is 3.65. The Balaban J connectivity index is 1.38. The number of piperazine rings is 1. The number of nitrogens with one attached hydrogen (secondary N) is 1. The van der Waals surface area contributed by atoms with Crippen LogP contribution in [0.5, 0.6) is 0 Å². The molecular weight excluding hydrogens is 484 g/mol. The first kappa shape index (κ1) is 25.1. The number of rotatable bonds is 7. The Kier molecular flexibility index (Phi) is 7.34. The van der Waals surface area contributed by atoms with Gasteiger partial charge < -0.3 is 4.90 Å². The summed E-state index contributed by atoms with van der Waals surface area (Å²) in [6.45, 7) is 10.4. The van der Waals surface area contributed by atoms with E-state index in [0.717, 1.165) is 54.2 Å². The minimum atomic E-state index is -0.153. The van der Waals surface area contributed by atoms with Crippen LogP contribution < -0.4 is 5.56 Å². The molecular formula is C28H32N6O2S. The van der Waals surface area contributed by atoms with Crippen molar-refractivity contribution >= 4 is 33.2 Å². The predicted molar refractivity (Wildman–Crippen MR) is 150 cm³/mol. The number of aromatic nitrogens is 3. The Bertz CT molecular complexity index is 1440. The molecule has 0 unspecified atom stereocenters. The summed E-state index contributed by atoms with van der Waals surface area (Å²) in [6, 6.07) is 17.7. The first-order valence-electron chi connectivity index (χ1n) is 12.7. The second-order valence-electron chi connectivity index (χ2n) is 9.62. The number of carbonyl (C=O) groups is 1. The third kappa shape index (κ3) is 5.28. The molecule has 0 bridgehead atoms. The summed E-state index contributed by atoms with van der Waals surface area (Å²) in [6.07, 6.45) is 0. The lowest BCUT2D eigenvalue weighted by Crippen LogP contribution is -2.50. The Morgan fingerprint density at radius 3 is 2.46 bits per heavy atom. The average molecular weight is 517 g/mol. The lowest BCUT2D eigenvalue weighted by molar-refractivity contribution is -0.136. The van der Waals surface area contributed by atoms with Crippen LogP contribution in [0.1, 0.15) is 26.3 Å². The molecule has 3 heterocycles. The van der Waals surface area contributed by atoms with Gasteiger partial charge in [0.05, 0.1) is 28.0 Å². The lowest BCUT2D eigenvalue weighted by Gasteiger charge is -2.35. The highest BCUT2D eigenvalue weighted by atomic mass is 32.1. The smallest absolute Gasteiger partial charge is 0.283 e. The third-order valence-corrected chi connectivity index (χ3v) is 7.75. The van der Waals surface area contributed by atoms with Crippen LogP contribution in [-0.2, 0) is 4.79 Å². The van der Waals surface area contributed by atoms with Gasteiger partial charge in [-0.25, -0.2) is 4.98 Å². The van der Waals surface area contributed by atoms with Gasteiger partial charge in [-0.15, -0.1) is 0 Å². The van der Waals surface area contributed by atoms with Gasteiger partial charge in [0.2, 0.25) is 11.0 Å². The van der Waals surface area contributed by atoms with Gasteiger partial charge in [-0.3, -0.25) is 24.6 Å². The maximum Gasteiger partial charge on any atom is 0.283 e. The van der Waals surface area contributed by atoms with E-state index in [2.05, 4.69) is 15.0 Å². The van der Waals surface area contributed by atoms with Gasteiger partial charge in [-0.1, -0.05) is 67.6 Å². The second-order valence-corrected chi connectivity index (χ2v) is 10.6. The van der Waals surface area contributed by atoms with Gasteiger partial charge in [0, 0.05) is 49.9 Å². The Labute approximate surface area is 220 Å². The first-order chi connectivity index (χ1) is 17.9. The predicted octanol–water partition coefficient (Wildman–Crippen LogP) is 4.05. The lowest BCUT2D eigenvalue weighted by atomic mass is 10.1. The number of benzene rings is 2. The van der Waals surface area contributed by atoms with Crippen molar-refractivity contribution in [3.8, 4) is 16.4 Å². The van der Waals surface area contributed by atoms with Crippen LogP contribution in [0, 0.1) is 5.92 Å². The third-order valence-electron chi connectivity index (χ3n) is 6.73. The van der Waals surface area contributed by atoms with Gasteiger partial charge >= 0.3 is 0 Å². The zero-order valence-electron chi connectivity index (χ0n) is 21.5. The van der Waals surface area contributed by atoms with Crippen molar-refractivity contribution in [3.63, 3.8) is 0 Å². The number of H-pyrrole nitrogens is 1. The molecule has 1 aliphatic rings. The van der Waals surface area contributed by atoms with E-state index in [-0.39, 0.29) is 17.4 Å². The maximum atomic E-state index is 13.7. The van der Waals surface area contributed by atoms with Crippen molar-refractivity contribution in [2.45, 2.75) is 20.8 Å². The molecule has 2 aromatic heterocycles. The van der Waals surface area contributed by atoms with Crippen LogP contribution >= 0.6 is 11.3 Å².